The summed E-state index contributed by atoms with van der Waals surface area (Å²) in [5.74, 6) is -0.192. The molecule has 100 valence electrons. The van der Waals surface area contributed by atoms with Crippen LogP contribution in [0, 0.1) is 5.82 Å². The van der Waals surface area contributed by atoms with Gasteiger partial charge in [0.05, 0.1) is 13.2 Å². The van der Waals surface area contributed by atoms with Gasteiger partial charge >= 0.3 is 0 Å². The van der Waals surface area contributed by atoms with E-state index in [4.69, 9.17) is 4.74 Å². The molecule has 1 aliphatic heterocycles. The van der Waals surface area contributed by atoms with Crippen LogP contribution in [0.1, 0.15) is 13.3 Å². The minimum absolute atomic E-state index is 0.192. The van der Waals surface area contributed by atoms with Crippen LogP contribution in [0.5, 0.6) is 0 Å². The fourth-order valence-corrected chi connectivity index (χ4v) is 2.27. The lowest BCUT2D eigenvalue weighted by molar-refractivity contribution is 0.0724. The molecule has 1 aromatic carbocycles. The summed E-state index contributed by atoms with van der Waals surface area (Å²) in [6.45, 7) is 4.69. The van der Waals surface area contributed by atoms with Crippen molar-refractivity contribution in [2.75, 3.05) is 31.7 Å². The quantitative estimate of drug-likeness (QED) is 0.887. The molecule has 0 saturated carbocycles. The molecule has 1 aliphatic rings. The second-order valence-electron chi connectivity index (χ2n) is 4.90. The van der Waals surface area contributed by atoms with Gasteiger partial charge in [-0.05, 0) is 37.6 Å². The molecule has 3 nitrogen and oxygen atoms in total. The standard InChI is InChI=1S/C14H21FN2O/c1-11(9-13-10-18-8-7-16-13)17(2)14-5-3-12(15)4-6-14/h3-6,11,13,16H,7-10H2,1-2H3. The van der Waals surface area contributed by atoms with Crippen molar-refractivity contribution in [3.63, 3.8) is 0 Å². The largest absolute Gasteiger partial charge is 0.379 e. The maximum atomic E-state index is 12.9. The molecular weight excluding hydrogens is 231 g/mol. The number of halogens is 1. The van der Waals surface area contributed by atoms with Gasteiger partial charge in [0, 0.05) is 31.4 Å². The lowest BCUT2D eigenvalue weighted by Gasteiger charge is -2.32. The molecule has 4 heteroatoms. The van der Waals surface area contributed by atoms with Gasteiger partial charge in [0.25, 0.3) is 0 Å². The predicted molar refractivity (Wildman–Crippen MR) is 71.5 cm³/mol. The molecule has 0 spiro atoms. The summed E-state index contributed by atoms with van der Waals surface area (Å²) >= 11 is 0. The average molecular weight is 252 g/mol. The van der Waals surface area contributed by atoms with Crippen LogP contribution in [0.2, 0.25) is 0 Å². The van der Waals surface area contributed by atoms with Crippen LogP contribution in [0.4, 0.5) is 10.1 Å². The van der Waals surface area contributed by atoms with E-state index in [0.717, 1.165) is 31.9 Å². The molecular formula is C14H21FN2O. The number of anilines is 1. The third-order valence-corrected chi connectivity index (χ3v) is 3.52. The molecule has 1 fully saturated rings. The maximum absolute atomic E-state index is 12.9. The molecule has 18 heavy (non-hydrogen) atoms. The Morgan fingerprint density at radius 1 is 1.44 bits per heavy atom. The summed E-state index contributed by atoms with van der Waals surface area (Å²) in [5.41, 5.74) is 1.04. The lowest BCUT2D eigenvalue weighted by atomic mass is 10.1. The first-order valence-electron chi connectivity index (χ1n) is 6.46. The Morgan fingerprint density at radius 2 is 2.17 bits per heavy atom. The zero-order valence-corrected chi connectivity index (χ0v) is 11.0. The number of nitrogens with one attached hydrogen (secondary N) is 1. The maximum Gasteiger partial charge on any atom is 0.123 e. The van der Waals surface area contributed by atoms with Crippen molar-refractivity contribution in [2.45, 2.75) is 25.4 Å². The summed E-state index contributed by atoms with van der Waals surface area (Å²) in [5, 5.41) is 3.45. The molecule has 1 N–H and O–H groups in total. The van der Waals surface area contributed by atoms with Crippen molar-refractivity contribution in [1.82, 2.24) is 5.32 Å². The number of ether oxygens (including phenoxy) is 1. The first-order chi connectivity index (χ1) is 8.66. The summed E-state index contributed by atoms with van der Waals surface area (Å²) in [6, 6.07) is 7.43. The first kappa shape index (κ1) is 13.3. The van der Waals surface area contributed by atoms with Gasteiger partial charge in [0.1, 0.15) is 5.82 Å². The lowest BCUT2D eigenvalue weighted by Crippen LogP contribution is -2.45. The highest BCUT2D eigenvalue weighted by Crippen LogP contribution is 2.18. The number of benzene rings is 1. The van der Waals surface area contributed by atoms with Gasteiger partial charge < -0.3 is 15.0 Å². The number of hydrogen-bond acceptors (Lipinski definition) is 3. The molecule has 2 atom stereocenters. The number of morpholine rings is 1. The molecule has 2 unspecified atom stereocenters. The number of rotatable bonds is 4. The smallest absolute Gasteiger partial charge is 0.123 e. The van der Waals surface area contributed by atoms with Crippen LogP contribution >= 0.6 is 0 Å². The summed E-state index contributed by atoms with van der Waals surface area (Å²) in [4.78, 5) is 2.18. The van der Waals surface area contributed by atoms with E-state index in [0.29, 0.717) is 12.1 Å². The van der Waals surface area contributed by atoms with E-state index < -0.39 is 0 Å². The van der Waals surface area contributed by atoms with Gasteiger partial charge in [-0.2, -0.15) is 0 Å². The van der Waals surface area contributed by atoms with Crippen LogP contribution < -0.4 is 10.2 Å². The molecule has 1 heterocycles. The highest BCUT2D eigenvalue weighted by atomic mass is 19.1. The molecule has 0 amide bonds. The van der Waals surface area contributed by atoms with E-state index in [1.54, 1.807) is 0 Å². The SMILES string of the molecule is CC(CC1COCCN1)N(C)c1ccc(F)cc1. The van der Waals surface area contributed by atoms with Gasteiger partial charge in [-0.3, -0.25) is 0 Å². The fourth-order valence-electron chi connectivity index (χ4n) is 2.27. The Hall–Kier alpha value is -1.13. The molecule has 0 bridgehead atoms. The van der Waals surface area contributed by atoms with Crippen LogP contribution in [-0.2, 0) is 4.74 Å². The van der Waals surface area contributed by atoms with Gasteiger partial charge in [-0.25, -0.2) is 4.39 Å². The fraction of sp³-hybridized carbons (Fsp3) is 0.571. The van der Waals surface area contributed by atoms with Crippen molar-refractivity contribution < 1.29 is 9.13 Å². The minimum atomic E-state index is -0.192. The van der Waals surface area contributed by atoms with E-state index in [1.807, 2.05) is 19.2 Å². The highest BCUT2D eigenvalue weighted by molar-refractivity contribution is 5.46. The van der Waals surface area contributed by atoms with E-state index in [9.17, 15) is 4.39 Å². The van der Waals surface area contributed by atoms with Gasteiger partial charge in [-0.15, -0.1) is 0 Å². The van der Waals surface area contributed by atoms with Gasteiger partial charge in [-0.1, -0.05) is 0 Å². The summed E-state index contributed by atoms with van der Waals surface area (Å²) in [6.07, 6.45) is 1.02. The van der Waals surface area contributed by atoms with Crippen molar-refractivity contribution in [1.29, 1.82) is 0 Å². The summed E-state index contributed by atoms with van der Waals surface area (Å²) in [7, 11) is 2.04. The number of nitrogens with zero attached hydrogens (tertiary/aromatic N) is 1. The van der Waals surface area contributed by atoms with Crippen LogP contribution in [0.3, 0.4) is 0 Å². The predicted octanol–water partition coefficient (Wildman–Crippen LogP) is 2.03. The number of hydrogen-bond donors (Lipinski definition) is 1. The Kier molecular flexibility index (Phi) is 4.55. The molecule has 0 radical (unpaired) electrons. The topological polar surface area (TPSA) is 24.5 Å². The van der Waals surface area contributed by atoms with E-state index in [1.165, 1.54) is 12.1 Å². The molecule has 0 aliphatic carbocycles. The van der Waals surface area contributed by atoms with Gasteiger partial charge in [0.15, 0.2) is 0 Å². The minimum Gasteiger partial charge on any atom is -0.379 e. The summed E-state index contributed by atoms with van der Waals surface area (Å²) < 4.78 is 18.3. The third-order valence-electron chi connectivity index (χ3n) is 3.52. The molecule has 1 aromatic rings. The molecule has 1 saturated heterocycles. The monoisotopic (exact) mass is 252 g/mol. The second-order valence-corrected chi connectivity index (χ2v) is 4.90. The normalized spacial score (nSPS) is 21.6. The molecule has 0 aromatic heterocycles. The van der Waals surface area contributed by atoms with Crippen LogP contribution in [0.25, 0.3) is 0 Å². The van der Waals surface area contributed by atoms with Crippen molar-refractivity contribution in [2.24, 2.45) is 0 Å². The van der Waals surface area contributed by atoms with Gasteiger partial charge in [0.2, 0.25) is 0 Å². The Bertz CT molecular complexity index is 363. The van der Waals surface area contributed by atoms with E-state index in [-0.39, 0.29) is 5.82 Å². The van der Waals surface area contributed by atoms with Crippen molar-refractivity contribution in [3.8, 4) is 0 Å². The Balaban J connectivity index is 1.91. The zero-order chi connectivity index (χ0) is 13.0. The Morgan fingerprint density at radius 3 is 2.78 bits per heavy atom. The van der Waals surface area contributed by atoms with Crippen molar-refractivity contribution in [3.05, 3.63) is 30.1 Å². The third kappa shape index (κ3) is 3.43. The Labute approximate surface area is 108 Å². The van der Waals surface area contributed by atoms with E-state index in [2.05, 4.69) is 17.1 Å². The van der Waals surface area contributed by atoms with Crippen molar-refractivity contribution >= 4 is 5.69 Å². The highest BCUT2D eigenvalue weighted by Gasteiger charge is 2.19. The average Bonchev–Trinajstić information content (AvgIpc) is 2.40. The molecule has 2 rings (SSSR count). The second kappa shape index (κ2) is 6.16. The zero-order valence-electron chi connectivity index (χ0n) is 11.0. The van der Waals surface area contributed by atoms with Crippen LogP contribution in [0.15, 0.2) is 24.3 Å². The van der Waals surface area contributed by atoms with E-state index >= 15 is 0 Å². The first-order valence-corrected chi connectivity index (χ1v) is 6.46. The van der Waals surface area contributed by atoms with Crippen LogP contribution in [-0.4, -0.2) is 38.9 Å².